The molecule has 1 aromatic carbocycles. The molecular weight excluding hydrogens is 346 g/mol. The van der Waals surface area contributed by atoms with Gasteiger partial charge in [0.15, 0.2) is 0 Å². The molecule has 0 unspecified atom stereocenters. The number of rotatable bonds is 4. The van der Waals surface area contributed by atoms with Gasteiger partial charge in [-0.05, 0) is 45.8 Å². The Bertz CT molecular complexity index is 829. The van der Waals surface area contributed by atoms with Gasteiger partial charge in [0.1, 0.15) is 5.75 Å². The van der Waals surface area contributed by atoms with Gasteiger partial charge < -0.3 is 15.0 Å². The van der Waals surface area contributed by atoms with Crippen molar-refractivity contribution in [2.24, 2.45) is 0 Å². The third-order valence-electron chi connectivity index (χ3n) is 3.31. The van der Waals surface area contributed by atoms with Crippen LogP contribution < -0.4 is 10.1 Å². The summed E-state index contributed by atoms with van der Waals surface area (Å²) in [5, 5.41) is 3.83. The van der Waals surface area contributed by atoms with Crippen molar-refractivity contribution in [3.63, 3.8) is 0 Å². The maximum atomic E-state index is 12.2. The largest absolute Gasteiger partial charge is 0.497 e. The molecule has 0 spiro atoms. The van der Waals surface area contributed by atoms with Gasteiger partial charge in [0.2, 0.25) is 5.91 Å². The Hall–Kier alpha value is -2.34. The van der Waals surface area contributed by atoms with E-state index in [1.54, 1.807) is 19.5 Å². The minimum absolute atomic E-state index is 0.0939. The van der Waals surface area contributed by atoms with Gasteiger partial charge in [0.05, 0.1) is 25.4 Å². The molecule has 0 saturated carbocycles. The fraction of sp³-hybridized carbons (Fsp3) is 0.125. The number of carbonyl (C=O) groups is 1. The number of carbonyl (C=O) groups excluding carboxylic acids is 1. The quantitative estimate of drug-likeness (QED) is 0.748. The molecule has 0 saturated heterocycles. The zero-order valence-corrected chi connectivity index (χ0v) is 13.5. The molecule has 3 rings (SSSR count). The van der Waals surface area contributed by atoms with Crippen LogP contribution in [0.1, 0.15) is 5.56 Å². The van der Waals surface area contributed by atoms with Crippen LogP contribution in [0.15, 0.2) is 47.3 Å². The number of nitrogens with zero attached hydrogens (tertiary/aromatic N) is 1. The Kier molecular flexibility index (Phi) is 4.11. The molecule has 2 aromatic heterocycles. The Morgan fingerprint density at radius 3 is 3.00 bits per heavy atom. The Morgan fingerprint density at radius 1 is 1.36 bits per heavy atom. The number of halogens is 1. The summed E-state index contributed by atoms with van der Waals surface area (Å²) in [6.07, 6.45) is 5.41. The van der Waals surface area contributed by atoms with Crippen LogP contribution in [0, 0.1) is 0 Å². The van der Waals surface area contributed by atoms with Crippen molar-refractivity contribution in [2.45, 2.75) is 6.42 Å². The number of methoxy groups -OCH3 is 1. The van der Waals surface area contributed by atoms with Crippen molar-refractivity contribution in [1.29, 1.82) is 0 Å². The van der Waals surface area contributed by atoms with Crippen molar-refractivity contribution in [2.75, 3.05) is 12.4 Å². The van der Waals surface area contributed by atoms with E-state index in [9.17, 15) is 4.79 Å². The number of hydrogen-bond donors (Lipinski definition) is 2. The van der Waals surface area contributed by atoms with Crippen LogP contribution in [-0.4, -0.2) is 23.0 Å². The fourth-order valence-corrected chi connectivity index (χ4v) is 2.65. The number of pyridine rings is 1. The van der Waals surface area contributed by atoms with Crippen LogP contribution >= 0.6 is 15.9 Å². The Morgan fingerprint density at radius 2 is 2.23 bits per heavy atom. The summed E-state index contributed by atoms with van der Waals surface area (Å²) in [7, 11) is 1.63. The lowest BCUT2D eigenvalue weighted by Crippen LogP contribution is -2.14. The van der Waals surface area contributed by atoms with Crippen molar-refractivity contribution in [3.05, 3.63) is 52.9 Å². The second-order valence-corrected chi connectivity index (χ2v) is 5.76. The first-order chi connectivity index (χ1) is 10.7. The van der Waals surface area contributed by atoms with Crippen molar-refractivity contribution in [1.82, 2.24) is 9.97 Å². The summed E-state index contributed by atoms with van der Waals surface area (Å²) >= 11 is 3.33. The number of hydrogen-bond acceptors (Lipinski definition) is 3. The average molecular weight is 360 g/mol. The smallest absolute Gasteiger partial charge is 0.228 e. The average Bonchev–Trinajstić information content (AvgIpc) is 2.89. The van der Waals surface area contributed by atoms with E-state index in [1.807, 2.05) is 30.5 Å². The monoisotopic (exact) mass is 359 g/mol. The molecule has 22 heavy (non-hydrogen) atoms. The minimum atomic E-state index is -0.0939. The van der Waals surface area contributed by atoms with Gasteiger partial charge in [-0.2, -0.15) is 0 Å². The van der Waals surface area contributed by atoms with E-state index >= 15 is 0 Å². The van der Waals surface area contributed by atoms with Crippen LogP contribution in [-0.2, 0) is 11.2 Å². The number of ether oxygens (including phenoxy) is 1. The molecule has 6 heteroatoms. The van der Waals surface area contributed by atoms with Gasteiger partial charge in [0.25, 0.3) is 0 Å². The normalized spacial score (nSPS) is 10.6. The molecular formula is C16H14BrN3O2. The number of nitrogens with one attached hydrogen (secondary N) is 2. The molecule has 5 nitrogen and oxygen atoms in total. The number of benzene rings is 1. The molecule has 3 aromatic rings. The van der Waals surface area contributed by atoms with Crippen LogP contribution in [0.4, 0.5) is 5.69 Å². The third-order valence-corrected chi connectivity index (χ3v) is 3.75. The van der Waals surface area contributed by atoms with E-state index in [1.165, 1.54) is 0 Å². The fourth-order valence-electron chi connectivity index (χ4n) is 2.29. The maximum Gasteiger partial charge on any atom is 0.228 e. The first kappa shape index (κ1) is 14.6. The van der Waals surface area contributed by atoms with Crippen molar-refractivity contribution < 1.29 is 9.53 Å². The molecule has 0 aliphatic carbocycles. The zero-order valence-electron chi connectivity index (χ0n) is 11.9. The summed E-state index contributed by atoms with van der Waals surface area (Å²) in [5.41, 5.74) is 2.57. The van der Waals surface area contributed by atoms with Crippen LogP contribution in [0.5, 0.6) is 5.75 Å². The highest BCUT2D eigenvalue weighted by Crippen LogP contribution is 2.24. The van der Waals surface area contributed by atoms with Crippen LogP contribution in [0.25, 0.3) is 10.9 Å². The first-order valence-corrected chi connectivity index (χ1v) is 7.49. The molecule has 1 amide bonds. The van der Waals surface area contributed by atoms with E-state index in [-0.39, 0.29) is 12.3 Å². The number of fused-ring (bicyclic) bond motifs is 1. The van der Waals surface area contributed by atoms with Gasteiger partial charge in [-0.15, -0.1) is 0 Å². The standard InChI is InChI=1S/C16H14BrN3O2/c1-22-13-2-3-15-14(6-13)10(7-19-15)4-16(21)20-12-5-11(17)8-18-9-12/h2-3,5-9,19H,4H2,1H3,(H,20,21). The highest BCUT2D eigenvalue weighted by molar-refractivity contribution is 9.10. The second-order valence-electron chi connectivity index (χ2n) is 4.84. The lowest BCUT2D eigenvalue weighted by atomic mass is 10.1. The van der Waals surface area contributed by atoms with Gasteiger partial charge >= 0.3 is 0 Å². The zero-order chi connectivity index (χ0) is 15.5. The second kappa shape index (κ2) is 6.19. The lowest BCUT2D eigenvalue weighted by molar-refractivity contribution is -0.115. The molecule has 0 bridgehead atoms. The number of aromatic amines is 1. The number of H-pyrrole nitrogens is 1. The van der Waals surface area contributed by atoms with E-state index in [0.29, 0.717) is 5.69 Å². The van der Waals surface area contributed by atoms with Gasteiger partial charge in [-0.1, -0.05) is 0 Å². The number of amides is 1. The molecule has 0 fully saturated rings. The summed E-state index contributed by atoms with van der Waals surface area (Å²) in [5.74, 6) is 0.675. The minimum Gasteiger partial charge on any atom is -0.497 e. The molecule has 112 valence electrons. The lowest BCUT2D eigenvalue weighted by Gasteiger charge is -2.05. The predicted molar refractivity (Wildman–Crippen MR) is 89.1 cm³/mol. The number of aromatic nitrogens is 2. The van der Waals surface area contributed by atoms with Crippen molar-refractivity contribution in [3.8, 4) is 5.75 Å². The molecule has 0 atom stereocenters. The highest BCUT2D eigenvalue weighted by atomic mass is 79.9. The molecule has 2 N–H and O–H groups in total. The molecule has 2 heterocycles. The Balaban J connectivity index is 1.79. The summed E-state index contributed by atoms with van der Waals surface area (Å²) in [6.45, 7) is 0. The van der Waals surface area contributed by atoms with E-state index in [4.69, 9.17) is 4.74 Å². The van der Waals surface area contributed by atoms with E-state index in [0.717, 1.165) is 26.7 Å². The topological polar surface area (TPSA) is 67.0 Å². The molecule has 0 aliphatic rings. The van der Waals surface area contributed by atoms with Crippen LogP contribution in [0.2, 0.25) is 0 Å². The SMILES string of the molecule is COc1ccc2[nH]cc(CC(=O)Nc3cncc(Br)c3)c2c1. The van der Waals surface area contributed by atoms with Gasteiger partial charge in [0, 0.05) is 27.8 Å². The summed E-state index contributed by atoms with van der Waals surface area (Å²) < 4.78 is 6.05. The van der Waals surface area contributed by atoms with Crippen LogP contribution in [0.3, 0.4) is 0 Å². The van der Waals surface area contributed by atoms with Crippen molar-refractivity contribution >= 4 is 38.4 Å². The predicted octanol–water partition coefficient (Wildman–Crippen LogP) is 3.52. The molecule has 0 aliphatic heterocycles. The number of anilines is 1. The first-order valence-electron chi connectivity index (χ1n) is 6.70. The van der Waals surface area contributed by atoms with Gasteiger partial charge in [-0.3, -0.25) is 9.78 Å². The third kappa shape index (κ3) is 3.12. The molecule has 0 radical (unpaired) electrons. The maximum absolute atomic E-state index is 12.2. The highest BCUT2D eigenvalue weighted by Gasteiger charge is 2.10. The van der Waals surface area contributed by atoms with E-state index < -0.39 is 0 Å². The summed E-state index contributed by atoms with van der Waals surface area (Å²) in [6, 6.07) is 7.56. The van der Waals surface area contributed by atoms with E-state index in [2.05, 4.69) is 31.2 Å². The van der Waals surface area contributed by atoms with Gasteiger partial charge in [-0.25, -0.2) is 0 Å². The Labute approximate surface area is 135 Å². The summed E-state index contributed by atoms with van der Waals surface area (Å²) in [4.78, 5) is 19.4.